The smallest absolute Gasteiger partial charge is 0.161 e. The van der Waals surface area contributed by atoms with Crippen LogP contribution in [0.15, 0.2) is 0 Å². The Morgan fingerprint density at radius 1 is 1.19 bits per heavy atom. The summed E-state index contributed by atoms with van der Waals surface area (Å²) in [6, 6.07) is 0. The van der Waals surface area contributed by atoms with Crippen LogP contribution >= 0.6 is 0 Å². The van der Waals surface area contributed by atoms with E-state index < -0.39 is 0 Å². The highest BCUT2D eigenvalue weighted by Crippen LogP contribution is 2.24. The summed E-state index contributed by atoms with van der Waals surface area (Å²) in [7, 11) is 0. The fourth-order valence-corrected chi connectivity index (χ4v) is 2.50. The summed E-state index contributed by atoms with van der Waals surface area (Å²) in [5, 5.41) is 0. The second-order valence-electron chi connectivity index (χ2n) is 5.55. The van der Waals surface area contributed by atoms with Crippen LogP contribution in [0.5, 0.6) is 0 Å². The van der Waals surface area contributed by atoms with Crippen molar-refractivity contribution in [3.05, 3.63) is 0 Å². The Bertz CT molecular complexity index is 205. The molecule has 0 saturated heterocycles. The molecule has 1 unspecified atom stereocenters. The van der Waals surface area contributed by atoms with Crippen LogP contribution in [0.25, 0.3) is 0 Å². The van der Waals surface area contributed by atoms with Crippen molar-refractivity contribution >= 4 is 5.78 Å². The van der Waals surface area contributed by atoms with Gasteiger partial charge in [-0.2, -0.15) is 0 Å². The predicted molar refractivity (Wildman–Crippen MR) is 66.5 cm³/mol. The quantitative estimate of drug-likeness (QED) is 0.692. The molecule has 0 aliphatic heterocycles. The molecule has 94 valence electrons. The maximum Gasteiger partial charge on any atom is 0.161 e. The number of rotatable bonds is 6. The van der Waals surface area contributed by atoms with Crippen LogP contribution in [0.4, 0.5) is 0 Å². The Balaban J connectivity index is 2.18. The van der Waals surface area contributed by atoms with Crippen LogP contribution in [0.3, 0.4) is 0 Å². The van der Waals surface area contributed by atoms with Crippen LogP contribution in [0.1, 0.15) is 59.3 Å². The molecule has 0 N–H and O–H groups in total. The maximum absolute atomic E-state index is 11.9. The zero-order chi connectivity index (χ0) is 12.0. The highest BCUT2D eigenvalue weighted by atomic mass is 16.5. The number of hydrogen-bond acceptors (Lipinski definition) is 2. The van der Waals surface area contributed by atoms with Gasteiger partial charge in [0.25, 0.3) is 0 Å². The molecule has 2 nitrogen and oxygen atoms in total. The van der Waals surface area contributed by atoms with Crippen molar-refractivity contribution in [2.45, 2.75) is 65.4 Å². The van der Waals surface area contributed by atoms with Gasteiger partial charge in [0.15, 0.2) is 5.78 Å². The first kappa shape index (κ1) is 13.7. The average Bonchev–Trinajstić information content (AvgIpc) is 2.26. The van der Waals surface area contributed by atoms with E-state index in [4.69, 9.17) is 4.74 Å². The van der Waals surface area contributed by atoms with Crippen LogP contribution in [-0.4, -0.2) is 18.5 Å². The van der Waals surface area contributed by atoms with Crippen molar-refractivity contribution in [3.8, 4) is 0 Å². The van der Waals surface area contributed by atoms with E-state index in [1.807, 2.05) is 0 Å². The van der Waals surface area contributed by atoms with Crippen molar-refractivity contribution < 1.29 is 9.53 Å². The monoisotopic (exact) mass is 226 g/mol. The zero-order valence-electron chi connectivity index (χ0n) is 11.0. The SMILES string of the molecule is CC(C)CC(C)OCC(=O)C1CCCCC1. The van der Waals surface area contributed by atoms with E-state index >= 15 is 0 Å². The van der Waals surface area contributed by atoms with Gasteiger partial charge in [-0.05, 0) is 32.1 Å². The van der Waals surface area contributed by atoms with Gasteiger partial charge >= 0.3 is 0 Å². The van der Waals surface area contributed by atoms with Crippen molar-refractivity contribution in [2.75, 3.05) is 6.61 Å². The fourth-order valence-electron chi connectivity index (χ4n) is 2.50. The van der Waals surface area contributed by atoms with Crippen LogP contribution < -0.4 is 0 Å². The van der Waals surface area contributed by atoms with Gasteiger partial charge in [-0.25, -0.2) is 0 Å². The number of Topliss-reactive ketones (excluding diaryl/α,β-unsaturated/α-hetero) is 1. The number of hydrogen-bond donors (Lipinski definition) is 0. The Morgan fingerprint density at radius 2 is 1.81 bits per heavy atom. The predicted octanol–water partition coefficient (Wildman–Crippen LogP) is 3.59. The van der Waals surface area contributed by atoms with Crippen LogP contribution in [0, 0.1) is 11.8 Å². The molecule has 0 aromatic heterocycles. The molecule has 1 fully saturated rings. The molecule has 1 saturated carbocycles. The minimum atomic E-state index is 0.215. The topological polar surface area (TPSA) is 26.3 Å². The first-order valence-corrected chi connectivity index (χ1v) is 6.74. The molecule has 0 heterocycles. The average molecular weight is 226 g/mol. The number of carbonyl (C=O) groups excluding carboxylic acids is 1. The molecule has 0 radical (unpaired) electrons. The highest BCUT2D eigenvalue weighted by molar-refractivity contribution is 5.82. The Kier molecular flexibility index (Phi) is 6.04. The standard InChI is InChI=1S/C14H26O2/c1-11(2)9-12(3)16-10-14(15)13-7-5-4-6-8-13/h11-13H,4-10H2,1-3H3. The van der Waals surface area contributed by atoms with Gasteiger partial charge in [0.2, 0.25) is 0 Å². The summed E-state index contributed by atoms with van der Waals surface area (Å²) in [4.78, 5) is 11.9. The number of carbonyl (C=O) groups is 1. The van der Waals surface area contributed by atoms with Gasteiger partial charge in [0.1, 0.15) is 6.61 Å². The van der Waals surface area contributed by atoms with Crippen molar-refractivity contribution in [2.24, 2.45) is 11.8 Å². The lowest BCUT2D eigenvalue weighted by atomic mass is 9.86. The lowest BCUT2D eigenvalue weighted by Gasteiger charge is -2.21. The molecule has 0 aromatic rings. The summed E-state index contributed by atoms with van der Waals surface area (Å²) in [6.07, 6.45) is 7.16. The third-order valence-electron chi connectivity index (χ3n) is 3.37. The van der Waals surface area contributed by atoms with Crippen LogP contribution in [0.2, 0.25) is 0 Å². The first-order chi connectivity index (χ1) is 7.59. The Labute approximate surface area is 99.8 Å². The summed E-state index contributed by atoms with van der Waals surface area (Å²) < 4.78 is 5.62. The van der Waals surface area contributed by atoms with E-state index in [9.17, 15) is 4.79 Å². The second kappa shape index (κ2) is 7.05. The van der Waals surface area contributed by atoms with E-state index in [2.05, 4.69) is 20.8 Å². The second-order valence-corrected chi connectivity index (χ2v) is 5.55. The molecule has 1 aliphatic rings. The molecular formula is C14H26O2. The van der Waals surface area contributed by atoms with Crippen molar-refractivity contribution in [1.82, 2.24) is 0 Å². The molecule has 1 aliphatic carbocycles. The molecule has 0 spiro atoms. The maximum atomic E-state index is 11.9. The Hall–Kier alpha value is -0.370. The van der Waals surface area contributed by atoms with Gasteiger partial charge in [0, 0.05) is 5.92 Å². The Morgan fingerprint density at radius 3 is 2.38 bits per heavy atom. The van der Waals surface area contributed by atoms with E-state index in [0.29, 0.717) is 24.2 Å². The van der Waals surface area contributed by atoms with Crippen LogP contribution in [-0.2, 0) is 9.53 Å². The number of ketones is 1. The normalized spacial score (nSPS) is 20.0. The largest absolute Gasteiger partial charge is 0.371 e. The lowest BCUT2D eigenvalue weighted by Crippen LogP contribution is -2.25. The van der Waals surface area contributed by atoms with E-state index in [0.717, 1.165) is 19.3 Å². The number of ether oxygens (including phenoxy) is 1. The van der Waals surface area contributed by atoms with Gasteiger partial charge in [-0.3, -0.25) is 4.79 Å². The minimum absolute atomic E-state index is 0.215. The molecule has 0 bridgehead atoms. The van der Waals surface area contributed by atoms with Crippen molar-refractivity contribution in [1.29, 1.82) is 0 Å². The molecule has 1 atom stereocenters. The van der Waals surface area contributed by atoms with Gasteiger partial charge < -0.3 is 4.74 Å². The summed E-state index contributed by atoms with van der Waals surface area (Å²) in [5.74, 6) is 1.26. The van der Waals surface area contributed by atoms with Gasteiger partial charge in [0.05, 0.1) is 6.10 Å². The van der Waals surface area contributed by atoms with Gasteiger partial charge in [-0.1, -0.05) is 33.1 Å². The molecule has 0 amide bonds. The van der Waals surface area contributed by atoms with E-state index in [1.165, 1.54) is 19.3 Å². The fraction of sp³-hybridized carbons (Fsp3) is 0.929. The molecule has 2 heteroatoms. The summed E-state index contributed by atoms with van der Waals surface area (Å²) >= 11 is 0. The van der Waals surface area contributed by atoms with Gasteiger partial charge in [-0.15, -0.1) is 0 Å². The summed E-state index contributed by atoms with van der Waals surface area (Å²) in [6.45, 7) is 6.76. The van der Waals surface area contributed by atoms with Crippen molar-refractivity contribution in [3.63, 3.8) is 0 Å². The molecule has 16 heavy (non-hydrogen) atoms. The summed E-state index contributed by atoms with van der Waals surface area (Å²) in [5.41, 5.74) is 0. The van der Waals surface area contributed by atoms with E-state index in [1.54, 1.807) is 0 Å². The first-order valence-electron chi connectivity index (χ1n) is 6.74. The van der Waals surface area contributed by atoms with E-state index in [-0.39, 0.29) is 6.10 Å². The highest BCUT2D eigenvalue weighted by Gasteiger charge is 2.21. The minimum Gasteiger partial charge on any atom is -0.371 e. The molecule has 1 rings (SSSR count). The molecular weight excluding hydrogens is 200 g/mol. The lowest BCUT2D eigenvalue weighted by molar-refractivity contribution is -0.130. The third-order valence-corrected chi connectivity index (χ3v) is 3.37. The zero-order valence-corrected chi connectivity index (χ0v) is 11.0. The molecule has 0 aromatic carbocycles. The third kappa shape index (κ3) is 5.11.